The van der Waals surface area contributed by atoms with Gasteiger partial charge in [-0.15, -0.1) is 10.2 Å². The van der Waals surface area contributed by atoms with Crippen molar-refractivity contribution >= 4 is 5.82 Å². The molecule has 2 aliphatic rings. The Labute approximate surface area is 136 Å². The second-order valence-corrected chi connectivity index (χ2v) is 7.61. The number of rotatable bonds is 2. The molecule has 3 heterocycles. The second kappa shape index (κ2) is 5.35. The maximum absolute atomic E-state index is 5.63. The predicted molar refractivity (Wildman–Crippen MR) is 88.2 cm³/mol. The van der Waals surface area contributed by atoms with E-state index in [0.29, 0.717) is 17.8 Å². The van der Waals surface area contributed by atoms with Crippen molar-refractivity contribution in [1.82, 2.24) is 20.0 Å². The normalized spacial score (nSPS) is 24.2. The van der Waals surface area contributed by atoms with Gasteiger partial charge in [-0.1, -0.05) is 19.3 Å². The average molecular weight is 315 g/mol. The van der Waals surface area contributed by atoms with E-state index in [1.165, 1.54) is 32.1 Å². The van der Waals surface area contributed by atoms with Crippen molar-refractivity contribution in [2.45, 2.75) is 70.9 Å². The van der Waals surface area contributed by atoms with Gasteiger partial charge in [0.25, 0.3) is 5.89 Å². The number of nitrogens with zero attached hydrogens (tertiary/aromatic N) is 4. The van der Waals surface area contributed by atoms with Crippen molar-refractivity contribution in [3.05, 3.63) is 12.1 Å². The van der Waals surface area contributed by atoms with Crippen LogP contribution in [-0.4, -0.2) is 26.0 Å². The molecule has 4 rings (SSSR count). The Morgan fingerprint density at radius 1 is 1.22 bits per heavy atom. The number of hydrogen-bond donors (Lipinski definition) is 1. The molecular weight excluding hydrogens is 290 g/mol. The van der Waals surface area contributed by atoms with E-state index in [9.17, 15) is 0 Å². The first-order chi connectivity index (χ1) is 11.0. The Morgan fingerprint density at radius 2 is 2.00 bits per heavy atom. The van der Waals surface area contributed by atoms with E-state index in [-0.39, 0.29) is 5.54 Å². The fraction of sp³-hybridized carbons (Fsp3) is 0.706. The van der Waals surface area contributed by atoms with Crippen LogP contribution < -0.4 is 5.32 Å². The molecule has 6 heteroatoms. The third-order valence-corrected chi connectivity index (χ3v) is 5.36. The van der Waals surface area contributed by atoms with E-state index < -0.39 is 0 Å². The van der Waals surface area contributed by atoms with Crippen LogP contribution in [0.3, 0.4) is 0 Å². The number of fused-ring (bicyclic) bond motifs is 1. The zero-order chi connectivity index (χ0) is 16.0. The lowest BCUT2D eigenvalue weighted by Gasteiger charge is -2.42. The quantitative estimate of drug-likeness (QED) is 0.914. The van der Waals surface area contributed by atoms with Crippen LogP contribution in [0.1, 0.15) is 58.3 Å². The minimum absolute atomic E-state index is 0.00396. The van der Waals surface area contributed by atoms with Crippen LogP contribution >= 0.6 is 0 Å². The molecule has 1 saturated carbocycles. The summed E-state index contributed by atoms with van der Waals surface area (Å²) in [7, 11) is 0. The summed E-state index contributed by atoms with van der Waals surface area (Å²) in [4.78, 5) is 0. The summed E-state index contributed by atoms with van der Waals surface area (Å²) in [6.45, 7) is 6.35. The molecular formula is C17H25N5O. The first kappa shape index (κ1) is 14.7. The Kier molecular flexibility index (Phi) is 3.43. The molecule has 0 aromatic carbocycles. The van der Waals surface area contributed by atoms with Crippen LogP contribution in [-0.2, 0) is 5.54 Å². The topological polar surface area (TPSA) is 68.8 Å². The van der Waals surface area contributed by atoms with Crippen LogP contribution in [0.5, 0.6) is 0 Å². The number of aryl methyl sites for hydroxylation is 1. The monoisotopic (exact) mass is 315 g/mol. The molecule has 124 valence electrons. The lowest BCUT2D eigenvalue weighted by atomic mass is 9.78. The maximum atomic E-state index is 5.63. The van der Waals surface area contributed by atoms with E-state index in [1.54, 1.807) is 0 Å². The lowest BCUT2D eigenvalue weighted by molar-refractivity contribution is 0.206. The molecule has 1 atom stereocenters. The molecule has 0 saturated heterocycles. The summed E-state index contributed by atoms with van der Waals surface area (Å²) in [6, 6.07) is 0.497. The summed E-state index contributed by atoms with van der Waals surface area (Å²) in [5.41, 5.74) is 0.912. The molecule has 1 N–H and O–H groups in total. The second-order valence-electron chi connectivity index (χ2n) is 7.61. The predicted octanol–water partition coefficient (Wildman–Crippen LogP) is 3.74. The van der Waals surface area contributed by atoms with E-state index in [4.69, 9.17) is 4.42 Å². The largest absolute Gasteiger partial charge is 0.421 e. The molecule has 1 unspecified atom stereocenters. The summed E-state index contributed by atoms with van der Waals surface area (Å²) >= 11 is 0. The first-order valence-corrected chi connectivity index (χ1v) is 8.70. The molecule has 0 spiro atoms. The molecule has 0 bridgehead atoms. The fourth-order valence-electron chi connectivity index (χ4n) is 4.18. The van der Waals surface area contributed by atoms with Gasteiger partial charge < -0.3 is 9.73 Å². The summed E-state index contributed by atoms with van der Waals surface area (Å²) in [6.07, 6.45) is 9.72. The summed E-state index contributed by atoms with van der Waals surface area (Å²) in [5, 5.41) is 16.5. The number of nitrogens with one attached hydrogen (secondary N) is 1. The lowest BCUT2D eigenvalue weighted by Crippen LogP contribution is -2.45. The molecule has 1 aliphatic carbocycles. The minimum atomic E-state index is -0.00396. The highest BCUT2D eigenvalue weighted by molar-refractivity contribution is 5.69. The number of aromatic nitrogens is 4. The smallest absolute Gasteiger partial charge is 0.253 e. The molecule has 1 fully saturated rings. The molecule has 0 amide bonds. The van der Waals surface area contributed by atoms with Crippen molar-refractivity contribution < 1.29 is 4.42 Å². The van der Waals surface area contributed by atoms with Gasteiger partial charge in [-0.2, -0.15) is 5.10 Å². The van der Waals surface area contributed by atoms with Gasteiger partial charge >= 0.3 is 0 Å². The first-order valence-electron chi connectivity index (χ1n) is 8.70. The number of anilines is 1. The van der Waals surface area contributed by atoms with Gasteiger partial charge in [0.1, 0.15) is 11.4 Å². The number of hydrogen-bond acceptors (Lipinski definition) is 5. The zero-order valence-electron chi connectivity index (χ0n) is 14.2. The molecule has 2 aromatic rings. The Morgan fingerprint density at radius 3 is 2.70 bits per heavy atom. The van der Waals surface area contributed by atoms with Gasteiger partial charge in [0, 0.05) is 13.0 Å². The Hall–Kier alpha value is -1.85. The van der Waals surface area contributed by atoms with E-state index in [1.807, 2.05) is 13.1 Å². The van der Waals surface area contributed by atoms with E-state index >= 15 is 0 Å². The summed E-state index contributed by atoms with van der Waals surface area (Å²) in [5.74, 6) is 2.92. The van der Waals surface area contributed by atoms with Gasteiger partial charge in [0.2, 0.25) is 5.89 Å². The van der Waals surface area contributed by atoms with Crippen LogP contribution in [0, 0.1) is 12.8 Å². The van der Waals surface area contributed by atoms with Crippen molar-refractivity contribution in [2.75, 3.05) is 5.32 Å². The molecule has 1 aliphatic heterocycles. The highest BCUT2D eigenvalue weighted by Crippen LogP contribution is 2.41. The average Bonchev–Trinajstić information content (AvgIpc) is 3.14. The maximum Gasteiger partial charge on any atom is 0.253 e. The van der Waals surface area contributed by atoms with E-state index in [0.717, 1.165) is 23.7 Å². The van der Waals surface area contributed by atoms with Gasteiger partial charge in [-0.25, -0.2) is 4.68 Å². The fourth-order valence-corrected chi connectivity index (χ4v) is 4.18. The van der Waals surface area contributed by atoms with Crippen LogP contribution in [0.25, 0.3) is 11.5 Å². The van der Waals surface area contributed by atoms with Crippen molar-refractivity contribution in [3.8, 4) is 11.5 Å². The van der Waals surface area contributed by atoms with Gasteiger partial charge in [-0.05, 0) is 39.0 Å². The van der Waals surface area contributed by atoms with Crippen LogP contribution in [0.2, 0.25) is 0 Å². The highest BCUT2D eigenvalue weighted by atomic mass is 16.4. The zero-order valence-corrected chi connectivity index (χ0v) is 14.2. The molecule has 2 aromatic heterocycles. The third-order valence-electron chi connectivity index (χ3n) is 5.36. The Balaban J connectivity index is 1.70. The minimum Gasteiger partial charge on any atom is -0.421 e. The van der Waals surface area contributed by atoms with Gasteiger partial charge in [0.05, 0.1) is 11.7 Å². The standard InChI is InChI=1S/C17H25N5O/c1-11-20-21-16(23-11)13-10-18-22-15(13)19-14(9-17(22,2)3)12-7-5-4-6-8-12/h10,12,14,19H,4-9H2,1-3H3. The van der Waals surface area contributed by atoms with Gasteiger partial charge in [-0.3, -0.25) is 0 Å². The Bertz CT molecular complexity index is 696. The van der Waals surface area contributed by atoms with E-state index in [2.05, 4.69) is 39.1 Å². The molecule has 6 nitrogen and oxygen atoms in total. The third kappa shape index (κ3) is 2.54. The SMILES string of the molecule is Cc1nnc(-c2cnn3c2NC(C2CCCCC2)CC3(C)C)o1. The van der Waals surface area contributed by atoms with Crippen molar-refractivity contribution in [3.63, 3.8) is 0 Å². The van der Waals surface area contributed by atoms with Crippen LogP contribution in [0.4, 0.5) is 5.82 Å². The van der Waals surface area contributed by atoms with Crippen LogP contribution in [0.15, 0.2) is 10.6 Å². The van der Waals surface area contributed by atoms with Gasteiger partial charge in [0.15, 0.2) is 0 Å². The summed E-state index contributed by atoms with van der Waals surface area (Å²) < 4.78 is 7.71. The van der Waals surface area contributed by atoms with Crippen molar-refractivity contribution in [1.29, 1.82) is 0 Å². The van der Waals surface area contributed by atoms with Crippen molar-refractivity contribution in [2.24, 2.45) is 5.92 Å². The molecule has 0 radical (unpaired) electrons. The highest BCUT2D eigenvalue weighted by Gasteiger charge is 2.39. The molecule has 23 heavy (non-hydrogen) atoms.